The number of nitrogens with one attached hydrogen (secondary N) is 2. The van der Waals surface area contributed by atoms with Gasteiger partial charge in [0.2, 0.25) is 5.91 Å². The summed E-state index contributed by atoms with van der Waals surface area (Å²) in [4.78, 5) is 30.0. The minimum atomic E-state index is -4.84. The van der Waals surface area contributed by atoms with Gasteiger partial charge in [0.15, 0.2) is 0 Å². The molecule has 2 atom stereocenters. The fraction of sp³-hybridized carbons (Fsp3) is 0.500. The van der Waals surface area contributed by atoms with Gasteiger partial charge in [0, 0.05) is 48.9 Å². The van der Waals surface area contributed by atoms with Crippen LogP contribution in [-0.4, -0.2) is 78.3 Å². The van der Waals surface area contributed by atoms with Crippen molar-refractivity contribution in [2.24, 2.45) is 0 Å². The first-order valence-corrected chi connectivity index (χ1v) is 13.9. The molecule has 0 bridgehead atoms. The quantitative estimate of drug-likeness (QED) is 0.366. The molecule has 2 heterocycles. The molecule has 224 valence electrons. The summed E-state index contributed by atoms with van der Waals surface area (Å²) in [6, 6.07) is 7.07. The molecule has 8 nitrogen and oxygen atoms in total. The summed E-state index contributed by atoms with van der Waals surface area (Å²) in [7, 11) is 1.99. The van der Waals surface area contributed by atoms with Crippen LogP contribution in [0.2, 0.25) is 0 Å². The van der Waals surface area contributed by atoms with Crippen molar-refractivity contribution in [3.8, 4) is 6.07 Å². The van der Waals surface area contributed by atoms with E-state index in [0.29, 0.717) is 47.9 Å². The maximum Gasteiger partial charge on any atom is 0.407 e. The summed E-state index contributed by atoms with van der Waals surface area (Å²) >= 11 is 0. The monoisotopic (exact) mass is 587 g/mol. The molecule has 1 unspecified atom stereocenters. The molecule has 1 saturated heterocycles. The zero-order valence-corrected chi connectivity index (χ0v) is 23.6. The molecule has 1 aromatic heterocycles. The smallest absolute Gasteiger partial charge is 0.407 e. The molecule has 42 heavy (non-hydrogen) atoms. The van der Waals surface area contributed by atoms with Gasteiger partial charge in [-0.3, -0.25) is 14.9 Å². The highest BCUT2D eigenvalue weighted by Gasteiger charge is 2.48. The minimum Gasteiger partial charge on any atom is -0.456 e. The molecular formula is C30H33F4N5O3. The van der Waals surface area contributed by atoms with E-state index >= 15 is 0 Å². The lowest BCUT2D eigenvalue weighted by Crippen LogP contribution is -2.53. The van der Waals surface area contributed by atoms with E-state index in [0.717, 1.165) is 13.1 Å². The van der Waals surface area contributed by atoms with Crippen molar-refractivity contribution in [1.82, 2.24) is 20.4 Å². The van der Waals surface area contributed by atoms with Crippen LogP contribution in [0.5, 0.6) is 0 Å². The van der Waals surface area contributed by atoms with E-state index in [2.05, 4.69) is 15.5 Å². The Hall–Kier alpha value is -3.69. The molecule has 5 rings (SSSR count). The Morgan fingerprint density at radius 1 is 1.02 bits per heavy atom. The minimum absolute atomic E-state index is 0.123. The SMILES string of the molecule is CN1CCN(C(=O)c2ccc3oc4cc([C@H](NC(CC(C)(C)F)C(=O)NC5(C#N)CC5)C(F)(F)F)ccc4c3c2)CC1. The van der Waals surface area contributed by atoms with Crippen molar-refractivity contribution >= 4 is 33.8 Å². The molecule has 1 saturated carbocycles. The van der Waals surface area contributed by atoms with Crippen LogP contribution < -0.4 is 10.6 Å². The number of likely N-dealkylation sites (N-methyl/N-ethyl adjacent to an activating group) is 1. The van der Waals surface area contributed by atoms with E-state index in [9.17, 15) is 32.4 Å². The van der Waals surface area contributed by atoms with Gasteiger partial charge in [0.05, 0.1) is 12.1 Å². The molecule has 2 fully saturated rings. The normalized spacial score (nSPS) is 19.0. The number of halogens is 4. The number of hydrogen-bond acceptors (Lipinski definition) is 6. The summed E-state index contributed by atoms with van der Waals surface area (Å²) in [5.41, 5.74) is -2.26. The molecule has 3 aromatic rings. The number of carbonyl (C=O) groups excluding carboxylic acids is 2. The van der Waals surface area contributed by atoms with Crippen molar-refractivity contribution < 1.29 is 31.6 Å². The molecule has 0 radical (unpaired) electrons. The molecule has 2 aliphatic rings. The number of amides is 2. The van der Waals surface area contributed by atoms with Crippen molar-refractivity contribution in [1.29, 1.82) is 5.26 Å². The molecule has 0 spiro atoms. The van der Waals surface area contributed by atoms with Gasteiger partial charge in [-0.25, -0.2) is 4.39 Å². The van der Waals surface area contributed by atoms with Gasteiger partial charge in [-0.1, -0.05) is 12.1 Å². The van der Waals surface area contributed by atoms with Crippen molar-refractivity contribution in [2.45, 2.75) is 62.6 Å². The van der Waals surface area contributed by atoms with E-state index in [1.165, 1.54) is 32.0 Å². The number of piperazine rings is 1. The van der Waals surface area contributed by atoms with Crippen LogP contribution in [0.1, 0.15) is 55.1 Å². The van der Waals surface area contributed by atoms with Gasteiger partial charge in [0.25, 0.3) is 5.91 Å². The Morgan fingerprint density at radius 3 is 2.31 bits per heavy atom. The first-order chi connectivity index (χ1) is 19.7. The molecular weight excluding hydrogens is 554 g/mol. The van der Waals surface area contributed by atoms with E-state index < -0.39 is 41.8 Å². The number of carbonyl (C=O) groups is 2. The van der Waals surface area contributed by atoms with Gasteiger partial charge in [-0.05, 0) is 63.6 Å². The maximum atomic E-state index is 14.6. The van der Waals surface area contributed by atoms with Crippen molar-refractivity contribution in [2.75, 3.05) is 33.2 Å². The third-order valence-corrected chi connectivity index (χ3v) is 7.89. The largest absolute Gasteiger partial charge is 0.456 e. The van der Waals surface area contributed by atoms with Crippen LogP contribution in [0, 0.1) is 11.3 Å². The zero-order chi connectivity index (χ0) is 30.4. The van der Waals surface area contributed by atoms with Crippen LogP contribution in [0.25, 0.3) is 21.9 Å². The first-order valence-electron chi connectivity index (χ1n) is 13.9. The van der Waals surface area contributed by atoms with Crippen molar-refractivity contribution in [3.63, 3.8) is 0 Å². The predicted octanol–water partition coefficient (Wildman–Crippen LogP) is 4.85. The predicted molar refractivity (Wildman–Crippen MR) is 148 cm³/mol. The maximum absolute atomic E-state index is 14.6. The first kappa shape index (κ1) is 29.8. The number of hydrogen-bond donors (Lipinski definition) is 2. The highest BCUT2D eigenvalue weighted by Crippen LogP contribution is 2.38. The van der Waals surface area contributed by atoms with Crippen molar-refractivity contribution in [3.05, 3.63) is 47.5 Å². The van der Waals surface area contributed by atoms with E-state index in [-0.39, 0.29) is 17.1 Å². The Balaban J connectivity index is 1.44. The fourth-order valence-corrected chi connectivity index (χ4v) is 5.30. The van der Waals surface area contributed by atoms with E-state index in [1.54, 1.807) is 23.1 Å². The average Bonchev–Trinajstić information content (AvgIpc) is 3.60. The molecule has 12 heteroatoms. The molecule has 2 N–H and O–H groups in total. The lowest BCUT2D eigenvalue weighted by Gasteiger charge is -2.32. The summed E-state index contributed by atoms with van der Waals surface area (Å²) in [6.07, 6.45) is -4.61. The Kier molecular flexibility index (Phi) is 7.70. The second kappa shape index (κ2) is 10.9. The Bertz CT molecular complexity index is 1540. The van der Waals surface area contributed by atoms with Crippen LogP contribution >= 0.6 is 0 Å². The van der Waals surface area contributed by atoms with Crippen LogP contribution in [0.4, 0.5) is 17.6 Å². The Morgan fingerprint density at radius 2 is 1.71 bits per heavy atom. The number of furan rings is 1. The second-order valence-electron chi connectivity index (χ2n) is 12.0. The Labute approximate surface area is 240 Å². The van der Waals surface area contributed by atoms with Crippen LogP contribution in [0.3, 0.4) is 0 Å². The summed E-state index contributed by atoms with van der Waals surface area (Å²) in [6.45, 7) is 5.10. The number of benzene rings is 2. The van der Waals surface area contributed by atoms with Gasteiger partial charge in [0.1, 0.15) is 28.4 Å². The fourth-order valence-electron chi connectivity index (χ4n) is 5.30. The number of rotatable bonds is 8. The van der Waals surface area contributed by atoms with Gasteiger partial charge in [-0.15, -0.1) is 0 Å². The summed E-state index contributed by atoms with van der Waals surface area (Å²) in [5, 5.41) is 15.3. The zero-order valence-electron chi connectivity index (χ0n) is 23.6. The van der Waals surface area contributed by atoms with E-state index in [1.807, 2.05) is 13.1 Å². The summed E-state index contributed by atoms with van der Waals surface area (Å²) in [5.74, 6) is -0.988. The summed E-state index contributed by atoms with van der Waals surface area (Å²) < 4.78 is 63.7. The highest BCUT2D eigenvalue weighted by molar-refractivity contribution is 6.08. The lowest BCUT2D eigenvalue weighted by atomic mass is 9.97. The molecule has 1 aliphatic heterocycles. The molecule has 2 aromatic carbocycles. The molecule has 1 aliphatic carbocycles. The van der Waals surface area contributed by atoms with Crippen LogP contribution in [-0.2, 0) is 4.79 Å². The second-order valence-corrected chi connectivity index (χ2v) is 12.0. The average molecular weight is 588 g/mol. The standard InChI is InChI=1S/C30H33F4N5O3/c1-28(2,31)16-22(26(40)37-29(17-35)8-9-29)36-25(30(32,33)34)18-4-6-20-21-14-19(5-7-23(21)42-24(20)15-18)27(41)39-12-10-38(3)11-13-39/h4-7,14-15,22,25,36H,8-13,16H2,1-3H3,(H,37,40)/t22?,25-/m0/s1. The molecule has 2 amide bonds. The van der Waals surface area contributed by atoms with Gasteiger partial charge in [-0.2, -0.15) is 18.4 Å². The highest BCUT2D eigenvalue weighted by atomic mass is 19.4. The van der Waals surface area contributed by atoms with Gasteiger partial charge >= 0.3 is 6.18 Å². The lowest BCUT2D eigenvalue weighted by molar-refractivity contribution is -0.161. The topological polar surface area (TPSA) is 102 Å². The number of nitrogens with zero attached hydrogens (tertiary/aromatic N) is 3. The third-order valence-electron chi connectivity index (χ3n) is 7.89. The third kappa shape index (κ3) is 6.37. The number of fused-ring (bicyclic) bond motifs is 3. The van der Waals surface area contributed by atoms with Crippen LogP contribution in [0.15, 0.2) is 40.8 Å². The number of alkyl halides is 4. The van der Waals surface area contributed by atoms with Gasteiger partial charge < -0.3 is 19.5 Å². The number of nitriles is 1. The van der Waals surface area contributed by atoms with E-state index in [4.69, 9.17) is 4.42 Å².